The molecule has 0 aliphatic carbocycles. The van der Waals surface area contributed by atoms with Crippen LogP contribution in [0.5, 0.6) is 0 Å². The van der Waals surface area contributed by atoms with E-state index in [4.69, 9.17) is 10.2 Å². The number of nitrogens with zero attached hydrogens (tertiary/aromatic N) is 2. The van der Waals surface area contributed by atoms with Crippen LogP contribution in [0.3, 0.4) is 0 Å². The number of likely N-dealkylation sites (N-methyl/N-ethyl adjacent to an activating group) is 1. The average molecular weight is 747 g/mol. The molecule has 7 nitrogen and oxygen atoms in total. The Labute approximate surface area is 327 Å². The molecule has 0 rings (SSSR count). The zero-order valence-electron chi connectivity index (χ0n) is 35.0. The van der Waals surface area contributed by atoms with Gasteiger partial charge in [-0.2, -0.15) is 0 Å². The highest BCUT2D eigenvalue weighted by Crippen LogP contribution is 2.15. The summed E-state index contributed by atoms with van der Waals surface area (Å²) in [4.78, 5) is 38.1. The Kier molecular flexibility index (Phi) is 39.4. The minimum absolute atomic E-state index is 0.287. The summed E-state index contributed by atoms with van der Waals surface area (Å²) in [5.41, 5.74) is 0. The lowest BCUT2D eigenvalue weighted by Gasteiger charge is -2.24. The molecule has 0 fully saturated rings. The maximum atomic E-state index is 12.9. The van der Waals surface area contributed by atoms with E-state index in [0.29, 0.717) is 19.4 Å². The highest BCUT2D eigenvalue weighted by molar-refractivity contribution is 5.78. The lowest BCUT2D eigenvalue weighted by molar-refractivity contribution is -0.138. The second-order valence-electron chi connectivity index (χ2n) is 15.9. The largest absolute Gasteiger partial charge is 0.481 e. The van der Waals surface area contributed by atoms with Crippen molar-refractivity contribution >= 4 is 17.8 Å². The van der Waals surface area contributed by atoms with E-state index >= 15 is 0 Å². The van der Waals surface area contributed by atoms with Crippen molar-refractivity contribution in [2.45, 2.75) is 218 Å². The molecule has 0 radical (unpaired) electrons. The van der Waals surface area contributed by atoms with Gasteiger partial charge in [-0.15, -0.1) is 0 Å². The zero-order chi connectivity index (χ0) is 38.9. The molecule has 7 heteroatoms. The molecule has 0 aliphatic rings. The van der Waals surface area contributed by atoms with Gasteiger partial charge in [0.25, 0.3) is 0 Å². The SMILES string of the molecule is CN(C)CC(=O)N(CCCCCCCCCCC/C=C\CCCCCCCC(=O)O)CCCCCCCCCCC/C=C\CCCCCCCC(=O)O. The highest BCUT2D eigenvalue weighted by atomic mass is 16.4. The second kappa shape index (κ2) is 41.0. The van der Waals surface area contributed by atoms with Crippen molar-refractivity contribution in [1.82, 2.24) is 9.80 Å². The van der Waals surface area contributed by atoms with Gasteiger partial charge in [-0.1, -0.05) is 153 Å². The molecule has 310 valence electrons. The molecule has 0 aromatic rings. The Balaban J connectivity index is 3.68. The summed E-state index contributed by atoms with van der Waals surface area (Å²) in [5, 5.41) is 17.3. The number of hydrogen-bond acceptors (Lipinski definition) is 4. The summed E-state index contributed by atoms with van der Waals surface area (Å²) < 4.78 is 0. The van der Waals surface area contributed by atoms with Crippen LogP contribution < -0.4 is 0 Å². The van der Waals surface area contributed by atoms with Crippen molar-refractivity contribution in [3.05, 3.63) is 24.3 Å². The summed E-state index contributed by atoms with van der Waals surface area (Å²) in [7, 11) is 3.98. The number of hydrogen-bond donors (Lipinski definition) is 2. The van der Waals surface area contributed by atoms with Gasteiger partial charge in [-0.25, -0.2) is 0 Å². The van der Waals surface area contributed by atoms with Crippen molar-refractivity contribution in [3.63, 3.8) is 0 Å². The Morgan fingerprint density at radius 1 is 0.377 bits per heavy atom. The fourth-order valence-electron chi connectivity index (χ4n) is 6.95. The molecular weight excluding hydrogens is 661 g/mol. The molecule has 0 unspecified atom stereocenters. The fraction of sp³-hybridized carbons (Fsp3) is 0.848. The van der Waals surface area contributed by atoms with Gasteiger partial charge >= 0.3 is 11.9 Å². The number of carbonyl (C=O) groups is 3. The molecule has 1 amide bonds. The molecule has 2 N–H and O–H groups in total. The first-order chi connectivity index (χ1) is 25.8. The molecule has 0 bridgehead atoms. The van der Waals surface area contributed by atoms with Gasteiger partial charge in [-0.3, -0.25) is 14.4 Å². The van der Waals surface area contributed by atoms with E-state index in [1.54, 1.807) is 0 Å². The van der Waals surface area contributed by atoms with E-state index < -0.39 is 11.9 Å². The minimum Gasteiger partial charge on any atom is -0.481 e. The molecule has 0 heterocycles. The molecule has 53 heavy (non-hydrogen) atoms. The van der Waals surface area contributed by atoms with Crippen LogP contribution >= 0.6 is 0 Å². The van der Waals surface area contributed by atoms with E-state index in [2.05, 4.69) is 29.2 Å². The first-order valence-corrected chi connectivity index (χ1v) is 22.5. The second-order valence-corrected chi connectivity index (χ2v) is 15.9. The third kappa shape index (κ3) is 42.5. The monoisotopic (exact) mass is 747 g/mol. The van der Waals surface area contributed by atoms with Crippen LogP contribution in [-0.4, -0.2) is 71.6 Å². The molecule has 0 aromatic heterocycles. The number of rotatable bonds is 42. The Bertz CT molecular complexity index is 827. The van der Waals surface area contributed by atoms with Gasteiger partial charge in [0, 0.05) is 25.9 Å². The number of carboxylic acids is 2. The third-order valence-electron chi connectivity index (χ3n) is 10.3. The van der Waals surface area contributed by atoms with E-state index in [9.17, 15) is 14.4 Å². The smallest absolute Gasteiger partial charge is 0.303 e. The number of carboxylic acid groups (broad SMARTS) is 2. The van der Waals surface area contributed by atoms with Gasteiger partial charge in [0.1, 0.15) is 0 Å². The van der Waals surface area contributed by atoms with Crippen LogP contribution in [0.1, 0.15) is 218 Å². The summed E-state index contributed by atoms with van der Waals surface area (Å²) >= 11 is 0. The number of amides is 1. The Morgan fingerprint density at radius 2 is 0.623 bits per heavy atom. The lowest BCUT2D eigenvalue weighted by Crippen LogP contribution is -2.39. The summed E-state index contributed by atoms with van der Waals surface area (Å²) in [6.45, 7) is 2.34. The number of unbranched alkanes of at least 4 members (excludes halogenated alkanes) is 28. The zero-order valence-corrected chi connectivity index (χ0v) is 35.0. The van der Waals surface area contributed by atoms with Crippen molar-refractivity contribution in [3.8, 4) is 0 Å². The molecule has 0 atom stereocenters. The maximum absolute atomic E-state index is 12.9. The fourth-order valence-corrected chi connectivity index (χ4v) is 6.95. The Hall–Kier alpha value is -2.15. The number of carbonyl (C=O) groups excluding carboxylic acids is 1. The van der Waals surface area contributed by atoms with Crippen LogP contribution in [0, 0.1) is 0 Å². The summed E-state index contributed by atoms with van der Waals surface area (Å²) in [6.07, 6.45) is 48.8. The molecular formula is C46H86N2O5. The normalized spacial score (nSPS) is 11.8. The van der Waals surface area contributed by atoms with E-state index in [-0.39, 0.29) is 5.91 Å². The van der Waals surface area contributed by atoms with Gasteiger partial charge < -0.3 is 20.0 Å². The molecule has 0 saturated carbocycles. The topological polar surface area (TPSA) is 98.2 Å². The van der Waals surface area contributed by atoms with Crippen LogP contribution in [0.25, 0.3) is 0 Å². The van der Waals surface area contributed by atoms with Crippen LogP contribution in [0.2, 0.25) is 0 Å². The summed E-state index contributed by atoms with van der Waals surface area (Å²) in [6, 6.07) is 0. The minimum atomic E-state index is -0.675. The molecule has 0 aromatic carbocycles. The standard InChI is InChI=1S/C46H86N2O5/c1-47(2)43-44(49)48(41-37-33-29-25-21-17-13-9-5-3-7-11-15-19-23-27-31-35-39-45(50)51)42-38-34-30-26-22-18-14-10-6-4-8-12-16-20-24-28-32-36-40-46(52)53/h7-8,11-12H,3-6,9-10,13-43H2,1-2H3,(H,50,51)(H,52,53)/b11-7-,12-8-. The van der Waals surface area contributed by atoms with E-state index in [1.807, 2.05) is 19.0 Å². The predicted molar refractivity (Wildman–Crippen MR) is 226 cm³/mol. The summed E-state index contributed by atoms with van der Waals surface area (Å²) in [5.74, 6) is -1.06. The van der Waals surface area contributed by atoms with Gasteiger partial charge in [-0.05, 0) is 91.1 Å². The number of allylic oxidation sites excluding steroid dienone is 4. The first kappa shape index (κ1) is 50.9. The lowest BCUT2D eigenvalue weighted by atomic mass is 10.1. The van der Waals surface area contributed by atoms with Crippen molar-refractivity contribution in [2.75, 3.05) is 33.7 Å². The van der Waals surface area contributed by atoms with Crippen LogP contribution in [-0.2, 0) is 14.4 Å². The van der Waals surface area contributed by atoms with Crippen LogP contribution in [0.15, 0.2) is 24.3 Å². The Morgan fingerprint density at radius 3 is 0.887 bits per heavy atom. The van der Waals surface area contributed by atoms with Crippen molar-refractivity contribution < 1.29 is 24.6 Å². The van der Waals surface area contributed by atoms with Crippen LogP contribution in [0.4, 0.5) is 0 Å². The molecule has 0 aliphatic heterocycles. The van der Waals surface area contributed by atoms with Gasteiger partial charge in [0.05, 0.1) is 6.54 Å². The molecule has 0 spiro atoms. The van der Waals surface area contributed by atoms with Gasteiger partial charge in [0.2, 0.25) is 5.91 Å². The molecule has 0 saturated heterocycles. The predicted octanol–water partition coefficient (Wildman–Crippen LogP) is 12.9. The quantitative estimate of drug-likeness (QED) is 0.0477. The van der Waals surface area contributed by atoms with Gasteiger partial charge in [0.15, 0.2) is 0 Å². The first-order valence-electron chi connectivity index (χ1n) is 22.5. The van der Waals surface area contributed by atoms with Crippen molar-refractivity contribution in [2.24, 2.45) is 0 Å². The third-order valence-corrected chi connectivity index (χ3v) is 10.3. The number of aliphatic carboxylic acids is 2. The van der Waals surface area contributed by atoms with E-state index in [1.165, 1.54) is 141 Å². The average Bonchev–Trinajstić information content (AvgIpc) is 3.11. The van der Waals surface area contributed by atoms with Crippen molar-refractivity contribution in [1.29, 1.82) is 0 Å². The highest BCUT2D eigenvalue weighted by Gasteiger charge is 2.13. The maximum Gasteiger partial charge on any atom is 0.303 e. The van der Waals surface area contributed by atoms with E-state index in [0.717, 1.165) is 77.3 Å².